The summed E-state index contributed by atoms with van der Waals surface area (Å²) in [5, 5.41) is -0.171. The van der Waals surface area contributed by atoms with E-state index < -0.39 is 0 Å². The zero-order chi connectivity index (χ0) is 13.2. The van der Waals surface area contributed by atoms with Gasteiger partial charge in [0, 0.05) is 5.56 Å². The Hall–Kier alpha value is -0.760. The Morgan fingerprint density at radius 3 is 2.61 bits per heavy atom. The highest BCUT2D eigenvalue weighted by atomic mass is 35.5. The number of ether oxygens (including phenoxy) is 1. The van der Waals surface area contributed by atoms with Gasteiger partial charge in [-0.15, -0.1) is 11.6 Å². The quantitative estimate of drug-likeness (QED) is 0.693. The van der Waals surface area contributed by atoms with Crippen LogP contribution >= 0.6 is 11.6 Å². The van der Waals surface area contributed by atoms with Gasteiger partial charge in [0.15, 0.2) is 0 Å². The summed E-state index contributed by atoms with van der Waals surface area (Å²) in [6, 6.07) is 4.60. The van der Waals surface area contributed by atoms with Gasteiger partial charge in [0.1, 0.15) is 11.6 Å². The first-order valence-electron chi connectivity index (χ1n) is 6.60. The lowest BCUT2D eigenvalue weighted by atomic mass is 9.77. The Labute approximate surface area is 113 Å². The van der Waals surface area contributed by atoms with Gasteiger partial charge in [-0.1, -0.05) is 19.8 Å². The highest BCUT2D eigenvalue weighted by molar-refractivity contribution is 6.21. The molecule has 0 heterocycles. The van der Waals surface area contributed by atoms with Crippen molar-refractivity contribution in [1.82, 2.24) is 0 Å². The van der Waals surface area contributed by atoms with Gasteiger partial charge in [-0.2, -0.15) is 0 Å². The van der Waals surface area contributed by atoms with Crippen LogP contribution in [0.25, 0.3) is 0 Å². The van der Waals surface area contributed by atoms with Crippen molar-refractivity contribution in [3.05, 3.63) is 29.6 Å². The second-order valence-electron chi connectivity index (χ2n) is 5.17. The minimum Gasteiger partial charge on any atom is -0.496 e. The third-order valence-electron chi connectivity index (χ3n) is 4.31. The molecule has 0 aliphatic heterocycles. The molecule has 0 amide bonds. The maximum Gasteiger partial charge on any atom is 0.123 e. The molecular formula is C15H20ClFO. The topological polar surface area (TPSA) is 9.23 Å². The van der Waals surface area contributed by atoms with Crippen LogP contribution in [0.4, 0.5) is 4.39 Å². The second-order valence-corrected chi connectivity index (χ2v) is 5.61. The van der Waals surface area contributed by atoms with E-state index in [1.807, 2.05) is 0 Å². The van der Waals surface area contributed by atoms with Gasteiger partial charge in [0.25, 0.3) is 0 Å². The van der Waals surface area contributed by atoms with E-state index in [1.165, 1.54) is 25.0 Å². The maximum atomic E-state index is 13.4. The van der Waals surface area contributed by atoms with Gasteiger partial charge in [-0.25, -0.2) is 4.39 Å². The van der Waals surface area contributed by atoms with E-state index in [4.69, 9.17) is 16.3 Å². The monoisotopic (exact) mass is 270 g/mol. The third kappa shape index (κ3) is 2.35. The van der Waals surface area contributed by atoms with Gasteiger partial charge < -0.3 is 4.74 Å². The van der Waals surface area contributed by atoms with E-state index >= 15 is 0 Å². The normalized spacial score (nSPS) is 19.8. The molecule has 1 aliphatic rings. The maximum absolute atomic E-state index is 13.4. The Kier molecular flexibility index (Phi) is 4.16. The molecular weight excluding hydrogens is 251 g/mol. The molecule has 0 N–H and O–H groups in total. The number of alkyl halides is 1. The third-order valence-corrected chi connectivity index (χ3v) is 5.00. The summed E-state index contributed by atoms with van der Waals surface area (Å²) in [6.07, 6.45) is 5.71. The predicted molar refractivity (Wildman–Crippen MR) is 72.7 cm³/mol. The lowest BCUT2D eigenvalue weighted by molar-refractivity contribution is 0.266. The highest BCUT2D eigenvalue weighted by Crippen LogP contribution is 2.54. The summed E-state index contributed by atoms with van der Waals surface area (Å²) in [5.41, 5.74) is 0.894. The highest BCUT2D eigenvalue weighted by Gasteiger charge is 2.40. The van der Waals surface area contributed by atoms with Crippen molar-refractivity contribution in [2.75, 3.05) is 7.11 Å². The largest absolute Gasteiger partial charge is 0.496 e. The first-order chi connectivity index (χ1) is 8.63. The van der Waals surface area contributed by atoms with Crippen molar-refractivity contribution in [3.8, 4) is 5.75 Å². The minimum atomic E-state index is -0.249. The van der Waals surface area contributed by atoms with E-state index in [1.54, 1.807) is 13.2 Å². The zero-order valence-corrected chi connectivity index (χ0v) is 11.8. The molecule has 0 saturated heterocycles. The van der Waals surface area contributed by atoms with Crippen molar-refractivity contribution in [1.29, 1.82) is 0 Å². The molecule has 1 fully saturated rings. The summed E-state index contributed by atoms with van der Waals surface area (Å²) < 4.78 is 18.8. The SMILES string of the molecule is CCC1(C(Cl)c2cc(F)ccc2OC)CCCC1. The fourth-order valence-corrected chi connectivity index (χ4v) is 3.64. The standard InChI is InChI=1S/C15H20ClFO/c1-3-15(8-4-5-9-15)14(16)12-10-11(17)6-7-13(12)18-2/h6-7,10,14H,3-5,8-9H2,1-2H3. The van der Waals surface area contributed by atoms with Crippen LogP contribution < -0.4 is 4.74 Å². The molecule has 1 atom stereocenters. The molecule has 2 rings (SSSR count). The number of rotatable bonds is 4. The van der Waals surface area contributed by atoms with Crippen molar-refractivity contribution in [2.24, 2.45) is 5.41 Å². The van der Waals surface area contributed by atoms with Crippen LogP contribution in [0, 0.1) is 11.2 Å². The molecule has 1 nitrogen and oxygen atoms in total. The fourth-order valence-electron chi connectivity index (χ4n) is 3.10. The number of benzene rings is 1. The first-order valence-corrected chi connectivity index (χ1v) is 7.04. The van der Waals surface area contributed by atoms with Crippen LogP contribution in [-0.2, 0) is 0 Å². The van der Waals surface area contributed by atoms with E-state index in [0.717, 1.165) is 24.8 Å². The molecule has 1 aromatic carbocycles. The lowest BCUT2D eigenvalue weighted by Gasteiger charge is -2.33. The number of hydrogen-bond acceptors (Lipinski definition) is 1. The number of halogens is 2. The molecule has 100 valence electrons. The summed E-state index contributed by atoms with van der Waals surface area (Å²) in [7, 11) is 1.60. The summed E-state index contributed by atoms with van der Waals surface area (Å²) in [4.78, 5) is 0. The molecule has 0 bridgehead atoms. The van der Waals surface area contributed by atoms with Crippen LogP contribution in [0.15, 0.2) is 18.2 Å². The van der Waals surface area contributed by atoms with Crippen LogP contribution in [0.3, 0.4) is 0 Å². The molecule has 3 heteroatoms. The fraction of sp³-hybridized carbons (Fsp3) is 0.600. The Bertz CT molecular complexity index is 413. The summed E-state index contributed by atoms with van der Waals surface area (Å²) in [6.45, 7) is 2.17. The molecule has 1 aromatic rings. The summed E-state index contributed by atoms with van der Waals surface area (Å²) >= 11 is 6.68. The second kappa shape index (κ2) is 5.48. The smallest absolute Gasteiger partial charge is 0.123 e. The molecule has 0 spiro atoms. The molecule has 0 radical (unpaired) electrons. The van der Waals surface area contributed by atoms with E-state index in [0.29, 0.717) is 5.75 Å². The van der Waals surface area contributed by atoms with Gasteiger partial charge >= 0.3 is 0 Å². The van der Waals surface area contributed by atoms with E-state index in [-0.39, 0.29) is 16.6 Å². The van der Waals surface area contributed by atoms with Crippen molar-refractivity contribution < 1.29 is 9.13 Å². The van der Waals surface area contributed by atoms with Crippen LogP contribution in [0.1, 0.15) is 50.0 Å². The predicted octanol–water partition coefficient (Wildman–Crippen LogP) is 5.08. The van der Waals surface area contributed by atoms with Crippen LogP contribution in [-0.4, -0.2) is 7.11 Å². The number of methoxy groups -OCH3 is 1. The first kappa shape index (κ1) is 13.7. The number of hydrogen-bond donors (Lipinski definition) is 0. The molecule has 1 unspecified atom stereocenters. The molecule has 1 aliphatic carbocycles. The zero-order valence-electron chi connectivity index (χ0n) is 11.0. The van der Waals surface area contributed by atoms with E-state index in [9.17, 15) is 4.39 Å². The van der Waals surface area contributed by atoms with Crippen molar-refractivity contribution in [3.63, 3.8) is 0 Å². The van der Waals surface area contributed by atoms with Crippen LogP contribution in [0.5, 0.6) is 5.75 Å². The Balaban J connectivity index is 2.37. The van der Waals surface area contributed by atoms with Gasteiger partial charge in [-0.3, -0.25) is 0 Å². The van der Waals surface area contributed by atoms with E-state index in [2.05, 4.69) is 6.92 Å². The van der Waals surface area contributed by atoms with Crippen molar-refractivity contribution in [2.45, 2.75) is 44.4 Å². The average Bonchev–Trinajstić information content (AvgIpc) is 2.87. The lowest BCUT2D eigenvalue weighted by Crippen LogP contribution is -2.22. The van der Waals surface area contributed by atoms with Gasteiger partial charge in [0.05, 0.1) is 12.5 Å². The van der Waals surface area contributed by atoms with Gasteiger partial charge in [-0.05, 0) is 42.9 Å². The average molecular weight is 271 g/mol. The Morgan fingerprint density at radius 2 is 2.06 bits per heavy atom. The summed E-state index contributed by atoms with van der Waals surface area (Å²) in [5.74, 6) is 0.442. The Morgan fingerprint density at radius 1 is 1.39 bits per heavy atom. The van der Waals surface area contributed by atoms with Crippen LogP contribution in [0.2, 0.25) is 0 Å². The molecule has 1 saturated carbocycles. The molecule has 18 heavy (non-hydrogen) atoms. The van der Waals surface area contributed by atoms with Crippen molar-refractivity contribution >= 4 is 11.6 Å². The molecule has 0 aromatic heterocycles. The van der Waals surface area contributed by atoms with Gasteiger partial charge in [0.2, 0.25) is 0 Å². The minimum absolute atomic E-state index is 0.0998.